The van der Waals surface area contributed by atoms with E-state index in [4.69, 9.17) is 22.1 Å². The van der Waals surface area contributed by atoms with Crippen LogP contribution in [0.15, 0.2) is 42.5 Å². The second kappa shape index (κ2) is 8.17. The Morgan fingerprint density at radius 3 is 2.79 bits per heavy atom. The van der Waals surface area contributed by atoms with Gasteiger partial charge in [0.25, 0.3) is 0 Å². The van der Waals surface area contributed by atoms with Crippen LogP contribution >= 0.6 is 47.5 Å². The molecule has 8 heteroatoms. The molecule has 2 aromatic rings. The maximum atomic E-state index is 11.5. The Labute approximate surface area is 167 Å². The number of primary amides is 1. The first kappa shape index (κ1) is 19.0. The van der Waals surface area contributed by atoms with Crippen molar-refractivity contribution in [3.63, 3.8) is 0 Å². The molecule has 0 spiro atoms. The van der Waals surface area contributed by atoms with E-state index in [1.54, 1.807) is 6.07 Å². The number of para-hydroxylation sites is 1. The van der Waals surface area contributed by atoms with E-state index >= 15 is 0 Å². The lowest BCUT2D eigenvalue weighted by atomic mass is 10.1. The normalized spacial score (nSPS) is 14.8. The quantitative estimate of drug-likeness (QED) is 0.489. The number of carbonyl (C=O) groups excluding carboxylic acids is 1. The molecule has 2 aromatic carbocycles. The molecule has 0 radical (unpaired) electrons. The lowest BCUT2D eigenvalue weighted by Gasteiger charge is -2.25. The molecule has 1 atom stereocenters. The van der Waals surface area contributed by atoms with Crippen molar-refractivity contribution in [2.24, 2.45) is 5.73 Å². The molecule has 128 valence electrons. The highest BCUT2D eigenvalue weighted by molar-refractivity contribution is 14.0. The predicted octanol–water partition coefficient (Wildman–Crippen LogP) is 4.88. The van der Waals surface area contributed by atoms with Crippen molar-refractivity contribution in [1.29, 1.82) is 0 Å². The lowest BCUT2D eigenvalue weighted by Crippen LogP contribution is -2.35. The number of rotatable bonds is 3. The fourth-order valence-corrected chi connectivity index (χ4v) is 3.16. The molecule has 0 aliphatic carbocycles. The van der Waals surface area contributed by atoms with E-state index < -0.39 is 6.03 Å². The van der Waals surface area contributed by atoms with Crippen LogP contribution in [0.2, 0.25) is 5.02 Å². The standard InChI is InChI=1S/C16H16ClN3O2S.HI/c1-23-20(16(18)21)9-13-11-4-2-3-5-14(11)22-15-7-6-10(17)8-12(15)19-13;/h2-8,13,19H,9H2,1H3,(H2,18,21);1H. The first-order valence-electron chi connectivity index (χ1n) is 7.02. The van der Waals surface area contributed by atoms with Crippen molar-refractivity contribution in [3.8, 4) is 11.5 Å². The molecule has 1 aliphatic rings. The summed E-state index contributed by atoms with van der Waals surface area (Å²) in [6, 6.07) is 12.5. The number of nitrogens with one attached hydrogen (secondary N) is 1. The van der Waals surface area contributed by atoms with E-state index in [0.717, 1.165) is 17.0 Å². The molecule has 0 saturated heterocycles. The van der Waals surface area contributed by atoms with Crippen LogP contribution in [0.3, 0.4) is 0 Å². The highest BCUT2D eigenvalue weighted by Gasteiger charge is 2.25. The number of carbonyl (C=O) groups is 1. The summed E-state index contributed by atoms with van der Waals surface area (Å²) >= 11 is 7.38. The van der Waals surface area contributed by atoms with Gasteiger partial charge >= 0.3 is 6.03 Å². The molecule has 5 nitrogen and oxygen atoms in total. The largest absolute Gasteiger partial charge is 0.455 e. The van der Waals surface area contributed by atoms with Crippen LogP contribution in [0.25, 0.3) is 0 Å². The van der Waals surface area contributed by atoms with Crippen LogP contribution in [-0.2, 0) is 0 Å². The van der Waals surface area contributed by atoms with Crippen LogP contribution < -0.4 is 15.8 Å². The van der Waals surface area contributed by atoms with Crippen molar-refractivity contribution >= 4 is 59.2 Å². The number of nitrogens with zero attached hydrogens (tertiary/aromatic N) is 1. The molecular weight excluding hydrogens is 461 g/mol. The van der Waals surface area contributed by atoms with Crippen LogP contribution in [0.4, 0.5) is 10.5 Å². The zero-order valence-electron chi connectivity index (χ0n) is 12.9. The molecule has 0 aromatic heterocycles. The minimum Gasteiger partial charge on any atom is -0.455 e. The fourth-order valence-electron chi connectivity index (χ4n) is 2.51. The zero-order valence-corrected chi connectivity index (χ0v) is 16.8. The minimum atomic E-state index is -0.478. The highest BCUT2D eigenvalue weighted by atomic mass is 127. The number of ether oxygens (including phenoxy) is 1. The summed E-state index contributed by atoms with van der Waals surface area (Å²) in [7, 11) is 0. The van der Waals surface area contributed by atoms with Gasteiger partial charge in [-0.2, -0.15) is 0 Å². The van der Waals surface area contributed by atoms with E-state index in [-0.39, 0.29) is 30.0 Å². The van der Waals surface area contributed by atoms with Gasteiger partial charge in [-0.3, -0.25) is 4.31 Å². The zero-order chi connectivity index (χ0) is 16.4. The lowest BCUT2D eigenvalue weighted by molar-refractivity contribution is 0.234. The molecule has 0 saturated carbocycles. The summed E-state index contributed by atoms with van der Waals surface area (Å²) in [6.45, 7) is 0.406. The number of benzene rings is 2. The molecule has 1 unspecified atom stereocenters. The number of urea groups is 1. The summed E-state index contributed by atoms with van der Waals surface area (Å²) in [5.41, 5.74) is 7.17. The van der Waals surface area contributed by atoms with E-state index in [0.29, 0.717) is 17.3 Å². The molecule has 0 bridgehead atoms. The average Bonchev–Trinajstić information content (AvgIpc) is 2.68. The SMILES string of the molecule is CSN(CC1Nc2cc(Cl)ccc2Oc2ccccc21)C(N)=O.I. The first-order chi connectivity index (χ1) is 11.1. The molecule has 3 rings (SSSR count). The Balaban J connectivity index is 0.00000208. The molecule has 24 heavy (non-hydrogen) atoms. The maximum Gasteiger partial charge on any atom is 0.324 e. The Hall–Kier alpha value is -1.32. The van der Waals surface area contributed by atoms with Crippen LogP contribution in [0.1, 0.15) is 11.6 Å². The number of halogens is 2. The van der Waals surface area contributed by atoms with Gasteiger partial charge in [-0.15, -0.1) is 24.0 Å². The highest BCUT2D eigenvalue weighted by Crippen LogP contribution is 2.41. The molecular formula is C16H17ClIN3O2S. The molecule has 1 aliphatic heterocycles. The predicted molar refractivity (Wildman–Crippen MR) is 110 cm³/mol. The van der Waals surface area contributed by atoms with Crippen molar-refractivity contribution in [3.05, 3.63) is 53.1 Å². The maximum absolute atomic E-state index is 11.5. The minimum absolute atomic E-state index is 0. The topological polar surface area (TPSA) is 67.6 Å². The van der Waals surface area contributed by atoms with Crippen LogP contribution in [0.5, 0.6) is 11.5 Å². The van der Waals surface area contributed by atoms with E-state index in [2.05, 4.69) is 5.32 Å². The Morgan fingerprint density at radius 2 is 2.08 bits per heavy atom. The number of anilines is 1. The van der Waals surface area contributed by atoms with Crippen LogP contribution in [0, 0.1) is 0 Å². The molecule has 3 N–H and O–H groups in total. The monoisotopic (exact) mass is 477 g/mol. The number of hydrogen-bond donors (Lipinski definition) is 2. The number of hydrogen-bond acceptors (Lipinski definition) is 4. The van der Waals surface area contributed by atoms with Crippen molar-refractivity contribution in [2.75, 3.05) is 18.1 Å². The van der Waals surface area contributed by atoms with Gasteiger partial charge in [-0.05, 0) is 36.2 Å². The second-order valence-electron chi connectivity index (χ2n) is 5.06. The summed E-state index contributed by atoms with van der Waals surface area (Å²) in [4.78, 5) is 11.5. The summed E-state index contributed by atoms with van der Waals surface area (Å²) in [6.07, 6.45) is 1.81. The second-order valence-corrected chi connectivity index (χ2v) is 6.30. The smallest absolute Gasteiger partial charge is 0.324 e. The van der Waals surface area contributed by atoms with Crippen molar-refractivity contribution in [1.82, 2.24) is 4.31 Å². The molecule has 0 fully saturated rings. The van der Waals surface area contributed by atoms with Crippen LogP contribution in [-0.4, -0.2) is 23.1 Å². The van der Waals surface area contributed by atoms with Gasteiger partial charge in [0, 0.05) is 16.8 Å². The number of amides is 2. The molecule has 2 amide bonds. The molecule has 1 heterocycles. The van der Waals surface area contributed by atoms with Gasteiger partial charge in [0.15, 0.2) is 5.75 Å². The average molecular weight is 478 g/mol. The van der Waals surface area contributed by atoms with Crippen molar-refractivity contribution in [2.45, 2.75) is 6.04 Å². The van der Waals surface area contributed by atoms with E-state index in [1.807, 2.05) is 42.7 Å². The fraction of sp³-hybridized carbons (Fsp3) is 0.188. The van der Waals surface area contributed by atoms with Gasteiger partial charge in [-0.1, -0.05) is 29.8 Å². The van der Waals surface area contributed by atoms with E-state index in [1.165, 1.54) is 16.3 Å². The van der Waals surface area contributed by atoms with Gasteiger partial charge in [0.1, 0.15) is 5.75 Å². The van der Waals surface area contributed by atoms with Gasteiger partial charge < -0.3 is 15.8 Å². The first-order valence-corrected chi connectivity index (χ1v) is 8.58. The Morgan fingerprint density at radius 1 is 1.33 bits per heavy atom. The summed E-state index contributed by atoms with van der Waals surface area (Å²) in [5, 5.41) is 4.02. The van der Waals surface area contributed by atoms with Gasteiger partial charge in [0.2, 0.25) is 0 Å². The third kappa shape index (κ3) is 4.01. The Bertz CT molecular complexity index is 747. The Kier molecular flexibility index (Phi) is 6.47. The third-order valence-electron chi connectivity index (χ3n) is 3.60. The summed E-state index contributed by atoms with van der Waals surface area (Å²) < 4.78 is 7.50. The number of nitrogens with two attached hydrogens (primary N) is 1. The third-order valence-corrected chi connectivity index (χ3v) is 4.61. The number of fused-ring (bicyclic) bond motifs is 2. The van der Waals surface area contributed by atoms with Crippen molar-refractivity contribution < 1.29 is 9.53 Å². The van der Waals surface area contributed by atoms with Gasteiger partial charge in [0.05, 0.1) is 18.3 Å². The van der Waals surface area contributed by atoms with E-state index in [9.17, 15) is 4.79 Å². The summed E-state index contributed by atoms with van der Waals surface area (Å²) in [5.74, 6) is 1.44. The van der Waals surface area contributed by atoms with Gasteiger partial charge in [-0.25, -0.2) is 4.79 Å².